The summed E-state index contributed by atoms with van der Waals surface area (Å²) in [6, 6.07) is 15.5. The van der Waals surface area contributed by atoms with E-state index in [1.54, 1.807) is 7.11 Å². The molecule has 0 aliphatic carbocycles. The number of nitrogens with two attached hydrogens (primary N) is 1. The van der Waals surface area contributed by atoms with Gasteiger partial charge >= 0.3 is 0 Å². The molecule has 3 heteroatoms. The van der Waals surface area contributed by atoms with Gasteiger partial charge in [-0.3, -0.25) is 0 Å². The highest BCUT2D eigenvalue weighted by Crippen LogP contribution is 2.26. The van der Waals surface area contributed by atoms with Crippen LogP contribution in [0.2, 0.25) is 0 Å². The van der Waals surface area contributed by atoms with Crippen molar-refractivity contribution in [2.24, 2.45) is 11.7 Å². The minimum atomic E-state index is -0.662. The number of para-hydroxylation sites is 1. The first-order valence-electron chi connectivity index (χ1n) is 7.65. The summed E-state index contributed by atoms with van der Waals surface area (Å²) in [5.41, 5.74) is 9.41. The zero-order valence-electron chi connectivity index (χ0n) is 13.5. The van der Waals surface area contributed by atoms with E-state index in [0.717, 1.165) is 28.9 Å². The van der Waals surface area contributed by atoms with Crippen molar-refractivity contribution >= 4 is 0 Å². The summed E-state index contributed by atoms with van der Waals surface area (Å²) in [5, 5.41) is 10.5. The summed E-state index contributed by atoms with van der Waals surface area (Å²) in [5.74, 6) is 0.999. The SMILES string of the molecule is COc1ccccc1CC(C)C(N)C(O)c1cccc(C)c1. The van der Waals surface area contributed by atoms with E-state index in [4.69, 9.17) is 10.5 Å². The molecule has 118 valence electrons. The molecule has 0 radical (unpaired) electrons. The molecule has 3 nitrogen and oxygen atoms in total. The van der Waals surface area contributed by atoms with Gasteiger partial charge in [0, 0.05) is 6.04 Å². The first kappa shape index (κ1) is 16.5. The standard InChI is InChI=1S/C19H25NO2/c1-13-7-6-9-16(11-13)19(21)18(20)14(2)12-15-8-4-5-10-17(15)22-3/h4-11,14,18-19,21H,12,20H2,1-3H3. The first-order chi connectivity index (χ1) is 10.5. The third kappa shape index (κ3) is 3.87. The molecule has 0 aromatic heterocycles. The lowest BCUT2D eigenvalue weighted by Gasteiger charge is -2.26. The highest BCUT2D eigenvalue weighted by molar-refractivity contribution is 5.34. The highest BCUT2D eigenvalue weighted by atomic mass is 16.5. The van der Waals surface area contributed by atoms with Gasteiger partial charge in [-0.25, -0.2) is 0 Å². The van der Waals surface area contributed by atoms with Crippen molar-refractivity contribution in [3.8, 4) is 5.75 Å². The Morgan fingerprint density at radius 1 is 1.14 bits per heavy atom. The lowest BCUT2D eigenvalue weighted by atomic mass is 9.88. The second-order valence-electron chi connectivity index (χ2n) is 5.93. The topological polar surface area (TPSA) is 55.5 Å². The number of aliphatic hydroxyl groups excluding tert-OH is 1. The zero-order valence-corrected chi connectivity index (χ0v) is 13.5. The minimum Gasteiger partial charge on any atom is -0.496 e. The van der Waals surface area contributed by atoms with Crippen LogP contribution in [0.3, 0.4) is 0 Å². The van der Waals surface area contributed by atoms with Crippen LogP contribution in [0.25, 0.3) is 0 Å². The third-order valence-corrected chi connectivity index (χ3v) is 4.14. The van der Waals surface area contributed by atoms with Crippen LogP contribution in [-0.2, 0) is 6.42 Å². The Morgan fingerprint density at radius 2 is 1.86 bits per heavy atom. The largest absolute Gasteiger partial charge is 0.496 e. The van der Waals surface area contributed by atoms with E-state index in [0.29, 0.717) is 0 Å². The molecule has 0 aliphatic rings. The summed E-state index contributed by atoms with van der Waals surface area (Å²) in [4.78, 5) is 0. The summed E-state index contributed by atoms with van der Waals surface area (Å²) < 4.78 is 5.38. The Balaban J connectivity index is 2.10. The fraction of sp³-hybridized carbons (Fsp3) is 0.368. The van der Waals surface area contributed by atoms with Gasteiger partial charge in [-0.2, -0.15) is 0 Å². The molecule has 0 fully saturated rings. The van der Waals surface area contributed by atoms with Gasteiger partial charge in [0.25, 0.3) is 0 Å². The number of aryl methyl sites for hydroxylation is 1. The average Bonchev–Trinajstić information content (AvgIpc) is 2.54. The molecule has 2 rings (SSSR count). The van der Waals surface area contributed by atoms with E-state index >= 15 is 0 Å². The van der Waals surface area contributed by atoms with Gasteiger partial charge in [0.2, 0.25) is 0 Å². The predicted molar refractivity (Wildman–Crippen MR) is 90.0 cm³/mol. The fourth-order valence-electron chi connectivity index (χ4n) is 2.74. The molecule has 0 spiro atoms. The summed E-state index contributed by atoms with van der Waals surface area (Å²) in [7, 11) is 1.67. The molecule has 2 aromatic rings. The van der Waals surface area contributed by atoms with Gasteiger partial charge in [0.1, 0.15) is 5.75 Å². The van der Waals surface area contributed by atoms with Gasteiger partial charge < -0.3 is 15.6 Å². The lowest BCUT2D eigenvalue weighted by Crippen LogP contribution is -2.36. The molecular weight excluding hydrogens is 274 g/mol. The normalized spacial score (nSPS) is 15.1. The van der Waals surface area contributed by atoms with Crippen LogP contribution in [0.1, 0.15) is 29.7 Å². The maximum Gasteiger partial charge on any atom is 0.122 e. The Hall–Kier alpha value is -1.84. The number of aliphatic hydroxyl groups is 1. The predicted octanol–water partition coefficient (Wildman–Crippen LogP) is 3.24. The van der Waals surface area contributed by atoms with Gasteiger partial charge in [-0.15, -0.1) is 0 Å². The Morgan fingerprint density at radius 3 is 2.55 bits per heavy atom. The van der Waals surface area contributed by atoms with Gasteiger partial charge in [-0.05, 0) is 36.5 Å². The number of rotatable bonds is 6. The first-order valence-corrected chi connectivity index (χ1v) is 7.65. The number of hydrogen-bond donors (Lipinski definition) is 2. The van der Waals surface area contributed by atoms with Crippen LogP contribution in [-0.4, -0.2) is 18.3 Å². The molecular formula is C19H25NO2. The van der Waals surface area contributed by atoms with Gasteiger partial charge in [0.15, 0.2) is 0 Å². The van der Waals surface area contributed by atoms with Crippen LogP contribution in [0, 0.1) is 12.8 Å². The molecule has 0 heterocycles. The maximum atomic E-state index is 10.5. The van der Waals surface area contributed by atoms with Crippen LogP contribution in [0.15, 0.2) is 48.5 Å². The van der Waals surface area contributed by atoms with Crippen molar-refractivity contribution in [1.29, 1.82) is 0 Å². The van der Waals surface area contributed by atoms with Crippen molar-refractivity contribution in [2.75, 3.05) is 7.11 Å². The molecule has 22 heavy (non-hydrogen) atoms. The molecule has 3 atom stereocenters. The fourth-order valence-corrected chi connectivity index (χ4v) is 2.74. The zero-order chi connectivity index (χ0) is 16.1. The second-order valence-corrected chi connectivity index (χ2v) is 5.93. The van der Waals surface area contributed by atoms with Crippen LogP contribution >= 0.6 is 0 Å². The quantitative estimate of drug-likeness (QED) is 0.861. The minimum absolute atomic E-state index is 0.131. The van der Waals surface area contributed by atoms with E-state index < -0.39 is 6.10 Å². The second kappa shape index (κ2) is 7.43. The van der Waals surface area contributed by atoms with E-state index in [-0.39, 0.29) is 12.0 Å². The lowest BCUT2D eigenvalue weighted by molar-refractivity contribution is 0.121. The molecule has 3 N–H and O–H groups in total. The van der Waals surface area contributed by atoms with Gasteiger partial charge in [-0.1, -0.05) is 55.0 Å². The summed E-state index contributed by atoms with van der Waals surface area (Å²) in [6.07, 6.45) is 0.109. The summed E-state index contributed by atoms with van der Waals surface area (Å²) >= 11 is 0. The molecule has 2 aromatic carbocycles. The monoisotopic (exact) mass is 299 g/mol. The number of methoxy groups -OCH3 is 1. The molecule has 0 saturated carbocycles. The van der Waals surface area contributed by atoms with Crippen molar-refractivity contribution in [2.45, 2.75) is 32.4 Å². The smallest absolute Gasteiger partial charge is 0.122 e. The van der Waals surface area contributed by atoms with Crippen molar-refractivity contribution in [3.63, 3.8) is 0 Å². The van der Waals surface area contributed by atoms with Crippen LogP contribution < -0.4 is 10.5 Å². The highest BCUT2D eigenvalue weighted by Gasteiger charge is 2.23. The van der Waals surface area contributed by atoms with E-state index in [1.165, 1.54) is 0 Å². The van der Waals surface area contributed by atoms with E-state index in [1.807, 2.05) is 55.5 Å². The Labute approximate surface area is 132 Å². The van der Waals surface area contributed by atoms with E-state index in [2.05, 4.69) is 6.92 Å². The van der Waals surface area contributed by atoms with Crippen molar-refractivity contribution in [3.05, 3.63) is 65.2 Å². The summed E-state index contributed by atoms with van der Waals surface area (Å²) in [6.45, 7) is 4.08. The number of hydrogen-bond acceptors (Lipinski definition) is 3. The molecule has 0 saturated heterocycles. The Bertz CT molecular complexity index is 612. The molecule has 0 aliphatic heterocycles. The van der Waals surface area contributed by atoms with Crippen molar-refractivity contribution < 1.29 is 9.84 Å². The molecule has 0 bridgehead atoms. The van der Waals surface area contributed by atoms with Crippen LogP contribution in [0.4, 0.5) is 0 Å². The van der Waals surface area contributed by atoms with Crippen molar-refractivity contribution in [1.82, 2.24) is 0 Å². The average molecular weight is 299 g/mol. The van der Waals surface area contributed by atoms with Gasteiger partial charge in [0.05, 0.1) is 13.2 Å². The molecule has 3 unspecified atom stereocenters. The maximum absolute atomic E-state index is 10.5. The third-order valence-electron chi connectivity index (χ3n) is 4.14. The number of ether oxygens (including phenoxy) is 1. The van der Waals surface area contributed by atoms with Crippen LogP contribution in [0.5, 0.6) is 5.75 Å². The van der Waals surface area contributed by atoms with E-state index in [9.17, 15) is 5.11 Å². The Kier molecular flexibility index (Phi) is 5.58. The molecule has 0 amide bonds. The number of benzene rings is 2.